The first-order valence-electron chi connectivity index (χ1n) is 4.76. The van der Waals surface area contributed by atoms with Gasteiger partial charge in [-0.05, 0) is 23.2 Å². The molecule has 0 saturated carbocycles. The van der Waals surface area contributed by atoms with Gasteiger partial charge in [0.25, 0.3) is 0 Å². The van der Waals surface area contributed by atoms with Crippen molar-refractivity contribution < 1.29 is 24.5 Å². The number of carboxylic acid groups (broad SMARTS) is 2. The molecule has 0 amide bonds. The Morgan fingerprint density at radius 1 is 1.39 bits per heavy atom. The van der Waals surface area contributed by atoms with Crippen molar-refractivity contribution in [2.24, 2.45) is 5.11 Å². The molecule has 0 spiro atoms. The molecule has 0 aliphatic carbocycles. The monoisotopic (exact) mass is 251 g/mol. The molecule has 18 heavy (non-hydrogen) atoms. The Labute approximate surface area is 101 Å². The summed E-state index contributed by atoms with van der Waals surface area (Å²) in [6, 6.07) is 3.92. The molecule has 0 aromatic heterocycles. The standard InChI is InChI=1S/C10H9N3O5/c11-13-12-4-7-2-1-6(10(16)17)3-8(7)18-5-9(14)15/h1-3H,4-5H2,(H,14,15)(H,16,17). The summed E-state index contributed by atoms with van der Waals surface area (Å²) in [7, 11) is 0. The van der Waals surface area contributed by atoms with E-state index in [9.17, 15) is 9.59 Å². The number of aliphatic carboxylic acids is 1. The van der Waals surface area contributed by atoms with Crippen LogP contribution in [0.4, 0.5) is 0 Å². The van der Waals surface area contributed by atoms with E-state index in [-0.39, 0.29) is 17.9 Å². The van der Waals surface area contributed by atoms with E-state index < -0.39 is 18.5 Å². The normalized spacial score (nSPS) is 9.33. The molecule has 0 radical (unpaired) electrons. The maximum atomic E-state index is 10.8. The first-order chi connectivity index (χ1) is 8.54. The molecule has 0 unspecified atom stereocenters. The quantitative estimate of drug-likeness (QED) is 0.450. The van der Waals surface area contributed by atoms with Crippen molar-refractivity contribution >= 4 is 11.9 Å². The Balaban J connectivity index is 3.04. The Morgan fingerprint density at radius 2 is 2.11 bits per heavy atom. The van der Waals surface area contributed by atoms with E-state index in [0.717, 1.165) is 0 Å². The number of nitrogens with zero attached hydrogens (tertiary/aromatic N) is 3. The van der Waals surface area contributed by atoms with E-state index in [2.05, 4.69) is 10.0 Å². The highest BCUT2D eigenvalue weighted by molar-refractivity contribution is 5.88. The molecule has 94 valence electrons. The zero-order valence-electron chi connectivity index (χ0n) is 9.11. The van der Waals surface area contributed by atoms with Gasteiger partial charge in [-0.3, -0.25) is 0 Å². The van der Waals surface area contributed by atoms with Gasteiger partial charge in [0.15, 0.2) is 6.61 Å². The summed E-state index contributed by atoms with van der Waals surface area (Å²) in [4.78, 5) is 23.7. The zero-order valence-corrected chi connectivity index (χ0v) is 9.11. The number of aromatic carboxylic acids is 1. The maximum absolute atomic E-state index is 10.8. The molecule has 0 heterocycles. The molecular weight excluding hydrogens is 242 g/mol. The van der Waals surface area contributed by atoms with Gasteiger partial charge in [0.2, 0.25) is 0 Å². The van der Waals surface area contributed by atoms with E-state index in [0.29, 0.717) is 5.56 Å². The molecule has 2 N–H and O–H groups in total. The van der Waals surface area contributed by atoms with Gasteiger partial charge in [-0.1, -0.05) is 11.2 Å². The van der Waals surface area contributed by atoms with Crippen LogP contribution in [-0.4, -0.2) is 28.8 Å². The van der Waals surface area contributed by atoms with Gasteiger partial charge in [-0.2, -0.15) is 0 Å². The minimum absolute atomic E-state index is 0.0416. The average molecular weight is 251 g/mol. The summed E-state index contributed by atoms with van der Waals surface area (Å²) in [6.45, 7) is -0.655. The van der Waals surface area contributed by atoms with E-state index in [1.54, 1.807) is 0 Å². The minimum atomic E-state index is -1.19. The lowest BCUT2D eigenvalue weighted by Crippen LogP contribution is -2.11. The van der Waals surface area contributed by atoms with Gasteiger partial charge < -0.3 is 14.9 Å². The van der Waals surface area contributed by atoms with Crippen molar-refractivity contribution in [3.8, 4) is 5.75 Å². The fraction of sp³-hybridized carbons (Fsp3) is 0.200. The van der Waals surface area contributed by atoms with Crippen LogP contribution in [-0.2, 0) is 11.3 Å². The van der Waals surface area contributed by atoms with Crippen LogP contribution in [0.25, 0.3) is 10.4 Å². The lowest BCUT2D eigenvalue weighted by Gasteiger charge is -2.09. The second-order valence-corrected chi connectivity index (χ2v) is 3.20. The second kappa shape index (κ2) is 6.12. The summed E-state index contributed by atoms with van der Waals surface area (Å²) >= 11 is 0. The van der Waals surface area contributed by atoms with Gasteiger partial charge >= 0.3 is 11.9 Å². The molecule has 0 fully saturated rings. The predicted molar refractivity (Wildman–Crippen MR) is 59.4 cm³/mol. The molecule has 0 atom stereocenters. The largest absolute Gasteiger partial charge is 0.482 e. The van der Waals surface area contributed by atoms with Crippen molar-refractivity contribution in [2.45, 2.75) is 6.54 Å². The van der Waals surface area contributed by atoms with E-state index in [4.69, 9.17) is 20.5 Å². The number of carboxylic acids is 2. The predicted octanol–water partition coefficient (Wildman–Crippen LogP) is 1.66. The van der Waals surface area contributed by atoms with Crippen molar-refractivity contribution in [3.05, 3.63) is 39.8 Å². The summed E-state index contributed by atoms with van der Waals surface area (Å²) in [5.41, 5.74) is 8.58. The van der Waals surface area contributed by atoms with Crippen molar-refractivity contribution in [3.63, 3.8) is 0 Å². The van der Waals surface area contributed by atoms with E-state index >= 15 is 0 Å². The van der Waals surface area contributed by atoms with Crippen molar-refractivity contribution in [1.29, 1.82) is 0 Å². The van der Waals surface area contributed by atoms with Gasteiger partial charge in [0.1, 0.15) is 5.75 Å². The number of benzene rings is 1. The lowest BCUT2D eigenvalue weighted by molar-refractivity contribution is -0.139. The SMILES string of the molecule is [N-]=[N+]=NCc1ccc(C(=O)O)cc1OCC(=O)O. The van der Waals surface area contributed by atoms with Crippen LogP contribution in [0.2, 0.25) is 0 Å². The molecule has 8 nitrogen and oxygen atoms in total. The average Bonchev–Trinajstić information content (AvgIpc) is 2.33. The second-order valence-electron chi connectivity index (χ2n) is 3.20. The highest BCUT2D eigenvalue weighted by Gasteiger charge is 2.10. The Kier molecular flexibility index (Phi) is 4.53. The maximum Gasteiger partial charge on any atom is 0.341 e. The van der Waals surface area contributed by atoms with Crippen LogP contribution in [0.15, 0.2) is 23.3 Å². The van der Waals surface area contributed by atoms with Gasteiger partial charge in [-0.15, -0.1) is 0 Å². The zero-order chi connectivity index (χ0) is 13.5. The topological polar surface area (TPSA) is 133 Å². The van der Waals surface area contributed by atoms with E-state index in [1.807, 2.05) is 0 Å². The summed E-state index contributed by atoms with van der Waals surface area (Å²) in [5, 5.41) is 20.6. The Morgan fingerprint density at radius 3 is 2.67 bits per heavy atom. The molecule has 1 aromatic carbocycles. The highest BCUT2D eigenvalue weighted by Crippen LogP contribution is 2.21. The molecular formula is C10H9N3O5. The fourth-order valence-electron chi connectivity index (χ4n) is 1.20. The van der Waals surface area contributed by atoms with E-state index in [1.165, 1.54) is 18.2 Å². The first-order valence-corrected chi connectivity index (χ1v) is 4.76. The third-order valence-electron chi connectivity index (χ3n) is 1.97. The minimum Gasteiger partial charge on any atom is -0.482 e. The van der Waals surface area contributed by atoms with Crippen molar-refractivity contribution in [2.75, 3.05) is 6.61 Å². The fourth-order valence-corrected chi connectivity index (χ4v) is 1.20. The number of hydrogen-bond acceptors (Lipinski definition) is 4. The number of carbonyl (C=O) groups is 2. The summed E-state index contributed by atoms with van der Waals surface area (Å²) in [6.07, 6.45) is 0. The molecule has 0 aliphatic rings. The molecule has 0 saturated heterocycles. The van der Waals surface area contributed by atoms with Crippen LogP contribution >= 0.6 is 0 Å². The molecule has 1 aromatic rings. The summed E-state index contributed by atoms with van der Waals surface area (Å²) in [5.74, 6) is -2.28. The Bertz CT molecular complexity index is 522. The van der Waals surface area contributed by atoms with Crippen LogP contribution in [0.3, 0.4) is 0 Å². The number of azide groups is 1. The van der Waals surface area contributed by atoms with Crippen LogP contribution in [0.1, 0.15) is 15.9 Å². The molecule has 0 aliphatic heterocycles. The molecule has 0 bridgehead atoms. The highest BCUT2D eigenvalue weighted by atomic mass is 16.5. The summed E-state index contributed by atoms with van der Waals surface area (Å²) < 4.78 is 4.94. The number of rotatable bonds is 6. The van der Waals surface area contributed by atoms with Crippen LogP contribution < -0.4 is 4.74 Å². The smallest absolute Gasteiger partial charge is 0.341 e. The third-order valence-corrected chi connectivity index (χ3v) is 1.97. The first kappa shape index (κ1) is 13.3. The van der Waals surface area contributed by atoms with Crippen LogP contribution in [0.5, 0.6) is 5.75 Å². The lowest BCUT2D eigenvalue weighted by atomic mass is 10.1. The number of ether oxygens (including phenoxy) is 1. The Hall–Kier alpha value is -2.73. The molecule has 1 rings (SSSR count). The van der Waals surface area contributed by atoms with Crippen LogP contribution in [0, 0.1) is 0 Å². The van der Waals surface area contributed by atoms with Gasteiger partial charge in [0, 0.05) is 4.91 Å². The van der Waals surface area contributed by atoms with Crippen molar-refractivity contribution in [1.82, 2.24) is 0 Å². The molecule has 8 heteroatoms. The van der Waals surface area contributed by atoms with Gasteiger partial charge in [-0.25, -0.2) is 9.59 Å². The third kappa shape index (κ3) is 3.69. The van der Waals surface area contributed by atoms with Gasteiger partial charge in [0.05, 0.1) is 12.1 Å². The number of hydrogen-bond donors (Lipinski definition) is 2.